The number of hydrogen-bond acceptors (Lipinski definition) is 3. The molecule has 0 radical (unpaired) electrons. The molecule has 0 spiro atoms. The number of ether oxygens (including phenoxy) is 2. The number of carbonyl (C=O) groups excluding carboxylic acids is 1. The Balaban J connectivity index is 1.30. The first kappa shape index (κ1) is 17.7. The SMILES string of the molecule is O=C(Cc1ccc2c(c1)OCO2)N[C@@H]1CCc2[nH]c3cc(Cl)cc(Cl)c3c2C1. The first-order valence-electron chi connectivity index (χ1n) is 9.23. The van der Waals surface area contributed by atoms with Crippen molar-refractivity contribution in [3.63, 3.8) is 0 Å². The second kappa shape index (κ2) is 6.90. The Hall–Kier alpha value is -2.37. The molecule has 1 atom stereocenters. The molecule has 28 heavy (non-hydrogen) atoms. The molecule has 144 valence electrons. The van der Waals surface area contributed by atoms with Crippen LogP contribution in [0, 0.1) is 0 Å². The number of rotatable bonds is 3. The van der Waals surface area contributed by atoms with Crippen LogP contribution in [0.25, 0.3) is 10.9 Å². The van der Waals surface area contributed by atoms with Gasteiger partial charge >= 0.3 is 0 Å². The number of amides is 1. The standard InChI is InChI=1S/C21H18Cl2N2O3/c22-12-7-15(23)21-14-9-13(2-3-16(14)25-17(21)8-12)24-20(26)6-11-1-4-18-19(5-11)28-10-27-18/h1,4-5,7-8,13,25H,2-3,6,9-10H2,(H,24,26)/t13-/m1/s1. The Bertz CT molecular complexity index is 1090. The van der Waals surface area contributed by atoms with E-state index in [1.54, 1.807) is 6.07 Å². The van der Waals surface area contributed by atoms with Gasteiger partial charge in [-0.3, -0.25) is 4.79 Å². The number of benzene rings is 2. The van der Waals surface area contributed by atoms with Crippen LogP contribution in [0.3, 0.4) is 0 Å². The lowest BCUT2D eigenvalue weighted by molar-refractivity contribution is -0.121. The van der Waals surface area contributed by atoms with E-state index < -0.39 is 0 Å². The van der Waals surface area contributed by atoms with Crippen LogP contribution >= 0.6 is 23.2 Å². The van der Waals surface area contributed by atoms with Crippen molar-refractivity contribution >= 4 is 40.0 Å². The van der Waals surface area contributed by atoms with Gasteiger partial charge in [-0.05, 0) is 54.7 Å². The second-order valence-corrected chi connectivity index (χ2v) is 8.11. The average molecular weight is 417 g/mol. The van der Waals surface area contributed by atoms with Crippen molar-refractivity contribution in [1.29, 1.82) is 0 Å². The highest BCUT2D eigenvalue weighted by Gasteiger charge is 2.25. The van der Waals surface area contributed by atoms with Crippen LogP contribution in [0.2, 0.25) is 10.0 Å². The van der Waals surface area contributed by atoms with E-state index >= 15 is 0 Å². The summed E-state index contributed by atoms with van der Waals surface area (Å²) < 4.78 is 10.7. The number of aryl methyl sites for hydroxylation is 1. The van der Waals surface area contributed by atoms with Crippen molar-refractivity contribution in [2.45, 2.75) is 31.7 Å². The zero-order chi connectivity index (χ0) is 19.3. The molecule has 2 heterocycles. The largest absolute Gasteiger partial charge is 0.454 e. The Morgan fingerprint density at radius 1 is 1.18 bits per heavy atom. The summed E-state index contributed by atoms with van der Waals surface area (Å²) in [5.41, 5.74) is 4.22. The monoisotopic (exact) mass is 416 g/mol. The van der Waals surface area contributed by atoms with Gasteiger partial charge in [0.2, 0.25) is 12.7 Å². The van der Waals surface area contributed by atoms with E-state index in [2.05, 4.69) is 10.3 Å². The summed E-state index contributed by atoms with van der Waals surface area (Å²) in [6.45, 7) is 0.230. The third-order valence-corrected chi connectivity index (χ3v) is 5.88. The van der Waals surface area contributed by atoms with Crippen molar-refractivity contribution in [3.8, 4) is 11.5 Å². The molecule has 1 aromatic heterocycles. The normalized spacial score (nSPS) is 17.6. The quantitative estimate of drug-likeness (QED) is 0.663. The number of carbonyl (C=O) groups is 1. The molecular formula is C21H18Cl2N2O3. The van der Waals surface area contributed by atoms with Crippen molar-refractivity contribution in [1.82, 2.24) is 10.3 Å². The van der Waals surface area contributed by atoms with Gasteiger partial charge in [0.1, 0.15) is 0 Å². The lowest BCUT2D eigenvalue weighted by Crippen LogP contribution is -2.39. The molecule has 1 amide bonds. The van der Waals surface area contributed by atoms with Crippen LogP contribution in [0.5, 0.6) is 11.5 Å². The molecule has 0 bridgehead atoms. The lowest BCUT2D eigenvalue weighted by Gasteiger charge is -2.24. The van der Waals surface area contributed by atoms with Crippen molar-refractivity contribution < 1.29 is 14.3 Å². The number of halogens is 2. The van der Waals surface area contributed by atoms with E-state index in [4.69, 9.17) is 32.7 Å². The second-order valence-electron chi connectivity index (χ2n) is 7.26. The maximum atomic E-state index is 12.6. The summed E-state index contributed by atoms with van der Waals surface area (Å²) in [4.78, 5) is 16.0. The molecule has 1 aliphatic carbocycles. The van der Waals surface area contributed by atoms with E-state index in [0.29, 0.717) is 22.2 Å². The van der Waals surface area contributed by atoms with Crippen LogP contribution in [0.4, 0.5) is 0 Å². The minimum Gasteiger partial charge on any atom is -0.454 e. The summed E-state index contributed by atoms with van der Waals surface area (Å²) in [6.07, 6.45) is 2.82. The third kappa shape index (κ3) is 3.19. The number of aromatic nitrogens is 1. The number of aromatic amines is 1. The van der Waals surface area contributed by atoms with Crippen LogP contribution in [-0.2, 0) is 24.1 Å². The van der Waals surface area contributed by atoms with Gasteiger partial charge in [-0.1, -0.05) is 29.3 Å². The minimum absolute atomic E-state index is 0.00120. The number of fused-ring (bicyclic) bond motifs is 4. The molecule has 2 N–H and O–H groups in total. The van der Waals surface area contributed by atoms with E-state index in [-0.39, 0.29) is 18.7 Å². The third-order valence-electron chi connectivity index (χ3n) is 5.37. The first-order chi connectivity index (χ1) is 13.6. The summed E-state index contributed by atoms with van der Waals surface area (Å²) in [6, 6.07) is 9.35. The van der Waals surface area contributed by atoms with Crippen LogP contribution in [-0.4, -0.2) is 23.7 Å². The molecule has 0 fully saturated rings. The smallest absolute Gasteiger partial charge is 0.231 e. The molecule has 0 saturated carbocycles. The molecule has 1 aliphatic heterocycles. The highest BCUT2D eigenvalue weighted by molar-refractivity contribution is 6.38. The molecule has 2 aromatic carbocycles. The van der Waals surface area contributed by atoms with E-state index in [9.17, 15) is 4.79 Å². The Morgan fingerprint density at radius 2 is 2.04 bits per heavy atom. The summed E-state index contributed by atoms with van der Waals surface area (Å²) in [7, 11) is 0. The van der Waals surface area contributed by atoms with Crippen molar-refractivity contribution in [3.05, 3.63) is 57.2 Å². The van der Waals surface area contributed by atoms with E-state index in [1.165, 1.54) is 11.3 Å². The lowest BCUT2D eigenvalue weighted by atomic mass is 9.91. The molecule has 0 unspecified atom stereocenters. The minimum atomic E-state index is 0.00120. The highest BCUT2D eigenvalue weighted by atomic mass is 35.5. The van der Waals surface area contributed by atoms with Gasteiger partial charge in [-0.2, -0.15) is 0 Å². The fourth-order valence-electron chi connectivity index (χ4n) is 4.11. The molecular weight excluding hydrogens is 399 g/mol. The molecule has 0 saturated heterocycles. The molecule has 2 aliphatic rings. The van der Waals surface area contributed by atoms with Crippen LogP contribution < -0.4 is 14.8 Å². The van der Waals surface area contributed by atoms with Crippen LogP contribution in [0.15, 0.2) is 30.3 Å². The first-order valence-corrected chi connectivity index (χ1v) is 9.99. The predicted octanol–water partition coefficient (Wildman–Crippen LogP) is 4.42. The summed E-state index contributed by atoms with van der Waals surface area (Å²) in [5, 5.41) is 5.44. The molecule has 3 aromatic rings. The van der Waals surface area contributed by atoms with E-state index in [0.717, 1.165) is 41.5 Å². The van der Waals surface area contributed by atoms with Gasteiger partial charge in [0, 0.05) is 27.7 Å². The summed E-state index contributed by atoms with van der Waals surface area (Å²) in [5.74, 6) is 1.42. The molecule has 5 rings (SSSR count). The summed E-state index contributed by atoms with van der Waals surface area (Å²) >= 11 is 12.6. The predicted molar refractivity (Wildman–Crippen MR) is 109 cm³/mol. The van der Waals surface area contributed by atoms with E-state index in [1.807, 2.05) is 24.3 Å². The number of nitrogens with one attached hydrogen (secondary N) is 2. The Kier molecular flexibility index (Phi) is 4.37. The number of hydrogen-bond donors (Lipinski definition) is 2. The average Bonchev–Trinajstić information content (AvgIpc) is 3.24. The molecule has 7 heteroatoms. The maximum Gasteiger partial charge on any atom is 0.231 e. The van der Waals surface area contributed by atoms with Gasteiger partial charge in [-0.25, -0.2) is 0 Å². The number of H-pyrrole nitrogens is 1. The zero-order valence-electron chi connectivity index (χ0n) is 15.0. The van der Waals surface area contributed by atoms with Gasteiger partial charge < -0.3 is 19.8 Å². The zero-order valence-corrected chi connectivity index (χ0v) is 16.5. The van der Waals surface area contributed by atoms with Gasteiger partial charge in [0.25, 0.3) is 0 Å². The maximum absolute atomic E-state index is 12.6. The highest BCUT2D eigenvalue weighted by Crippen LogP contribution is 2.36. The fourth-order valence-corrected chi connectivity index (χ4v) is 4.72. The Labute approximate surface area is 171 Å². The van der Waals surface area contributed by atoms with Gasteiger partial charge in [0.05, 0.1) is 11.4 Å². The van der Waals surface area contributed by atoms with Gasteiger partial charge in [0.15, 0.2) is 11.5 Å². The Morgan fingerprint density at radius 3 is 2.93 bits per heavy atom. The topological polar surface area (TPSA) is 63.4 Å². The van der Waals surface area contributed by atoms with Crippen molar-refractivity contribution in [2.75, 3.05) is 6.79 Å². The van der Waals surface area contributed by atoms with Gasteiger partial charge in [-0.15, -0.1) is 0 Å². The van der Waals surface area contributed by atoms with Crippen molar-refractivity contribution in [2.24, 2.45) is 0 Å². The fraction of sp³-hybridized carbons (Fsp3) is 0.286. The van der Waals surface area contributed by atoms with Crippen LogP contribution in [0.1, 0.15) is 23.2 Å². The molecule has 5 nitrogen and oxygen atoms in total.